The lowest BCUT2D eigenvalue weighted by molar-refractivity contribution is -0.138. The van der Waals surface area contributed by atoms with E-state index in [2.05, 4.69) is 10.6 Å². The molecule has 0 aliphatic heterocycles. The number of carboxylic acid groups (broad SMARTS) is 1. The van der Waals surface area contributed by atoms with Crippen molar-refractivity contribution in [2.75, 3.05) is 6.54 Å². The number of carbonyl (C=O) groups is 3. The van der Waals surface area contributed by atoms with Crippen LogP contribution in [0.3, 0.4) is 0 Å². The Morgan fingerprint density at radius 2 is 1.78 bits per heavy atom. The maximum absolute atomic E-state index is 12.2. The van der Waals surface area contributed by atoms with Crippen molar-refractivity contribution in [2.45, 2.75) is 71.6 Å². The number of ether oxygens (including phenoxy) is 2. The quantitative estimate of drug-likeness (QED) is 0.464. The second kappa shape index (κ2) is 11.7. The second-order valence-corrected chi connectivity index (χ2v) is 9.57. The summed E-state index contributed by atoms with van der Waals surface area (Å²) >= 11 is 0. The summed E-state index contributed by atoms with van der Waals surface area (Å²) in [5, 5.41) is 14.9. The van der Waals surface area contributed by atoms with Crippen LogP contribution < -0.4 is 10.6 Å². The van der Waals surface area contributed by atoms with Crippen molar-refractivity contribution in [3.05, 3.63) is 35.9 Å². The van der Waals surface area contributed by atoms with Gasteiger partial charge < -0.3 is 25.2 Å². The summed E-state index contributed by atoms with van der Waals surface area (Å²) in [5.74, 6) is -0.615. The molecular weight excluding hydrogens is 412 g/mol. The van der Waals surface area contributed by atoms with Gasteiger partial charge in [0.2, 0.25) is 0 Å². The van der Waals surface area contributed by atoms with Gasteiger partial charge in [-0.25, -0.2) is 9.59 Å². The van der Waals surface area contributed by atoms with E-state index in [0.29, 0.717) is 12.3 Å². The van der Waals surface area contributed by atoms with Crippen LogP contribution in [0.1, 0.15) is 58.9 Å². The summed E-state index contributed by atoms with van der Waals surface area (Å²) in [5.41, 5.74) is 0.257. The summed E-state index contributed by atoms with van der Waals surface area (Å²) < 4.78 is 10.6. The lowest BCUT2D eigenvalue weighted by atomic mass is 9.85. The first-order chi connectivity index (χ1) is 15.0. The maximum atomic E-state index is 12.2. The normalized spacial score (nSPS) is 16.4. The van der Waals surface area contributed by atoms with Crippen molar-refractivity contribution in [1.82, 2.24) is 10.6 Å². The Labute approximate surface area is 190 Å². The fourth-order valence-corrected chi connectivity index (χ4v) is 3.69. The molecule has 1 aromatic carbocycles. The summed E-state index contributed by atoms with van der Waals surface area (Å²) in [6.07, 6.45) is 1.61. The number of benzene rings is 1. The van der Waals surface area contributed by atoms with Crippen molar-refractivity contribution in [2.24, 2.45) is 17.8 Å². The molecule has 0 heterocycles. The highest BCUT2D eigenvalue weighted by atomic mass is 16.6. The minimum Gasteiger partial charge on any atom is -0.481 e. The summed E-state index contributed by atoms with van der Waals surface area (Å²) in [6, 6.07) is 9.05. The molecule has 3 N–H and O–H groups in total. The predicted molar refractivity (Wildman–Crippen MR) is 120 cm³/mol. The minimum absolute atomic E-state index is 0.00234. The van der Waals surface area contributed by atoms with Crippen LogP contribution in [-0.4, -0.2) is 41.4 Å². The predicted octanol–water partition coefficient (Wildman–Crippen LogP) is 4.33. The van der Waals surface area contributed by atoms with Gasteiger partial charge in [-0.3, -0.25) is 4.79 Å². The molecule has 8 heteroatoms. The molecule has 8 nitrogen and oxygen atoms in total. The summed E-state index contributed by atoms with van der Waals surface area (Å²) in [6.45, 7) is 7.62. The van der Waals surface area contributed by atoms with E-state index < -0.39 is 23.8 Å². The van der Waals surface area contributed by atoms with Gasteiger partial charge in [-0.1, -0.05) is 30.3 Å². The average molecular weight is 449 g/mol. The zero-order valence-corrected chi connectivity index (χ0v) is 19.4. The van der Waals surface area contributed by atoms with Crippen LogP contribution in [0.4, 0.5) is 9.59 Å². The molecule has 1 aliphatic carbocycles. The molecule has 178 valence electrons. The average Bonchev–Trinajstić information content (AvgIpc) is 3.52. The zero-order chi connectivity index (χ0) is 23.7. The number of hydrogen-bond donors (Lipinski definition) is 3. The lowest BCUT2D eigenvalue weighted by Gasteiger charge is -2.29. The van der Waals surface area contributed by atoms with E-state index in [1.54, 1.807) is 20.8 Å². The van der Waals surface area contributed by atoms with E-state index in [1.807, 2.05) is 37.3 Å². The fraction of sp³-hybridized carbons (Fsp3) is 0.625. The minimum atomic E-state index is -0.830. The van der Waals surface area contributed by atoms with E-state index in [1.165, 1.54) is 0 Å². The molecule has 0 bridgehead atoms. The van der Waals surface area contributed by atoms with Gasteiger partial charge in [0, 0.05) is 19.0 Å². The van der Waals surface area contributed by atoms with E-state index in [9.17, 15) is 19.5 Å². The second-order valence-electron chi connectivity index (χ2n) is 9.57. The molecule has 0 radical (unpaired) electrons. The van der Waals surface area contributed by atoms with Gasteiger partial charge in [0.1, 0.15) is 12.2 Å². The van der Waals surface area contributed by atoms with Crippen LogP contribution >= 0.6 is 0 Å². The first kappa shape index (κ1) is 25.5. The highest BCUT2D eigenvalue weighted by Crippen LogP contribution is 2.42. The van der Waals surface area contributed by atoms with Crippen LogP contribution in [-0.2, 0) is 20.9 Å². The Morgan fingerprint density at radius 3 is 2.34 bits per heavy atom. The largest absolute Gasteiger partial charge is 0.481 e. The Morgan fingerprint density at radius 1 is 1.12 bits per heavy atom. The monoisotopic (exact) mass is 448 g/mol. The summed E-state index contributed by atoms with van der Waals surface area (Å²) in [4.78, 5) is 35.8. The smallest absolute Gasteiger partial charge is 0.407 e. The number of carboxylic acids is 1. The number of carbonyl (C=O) groups excluding carboxylic acids is 2. The summed E-state index contributed by atoms with van der Waals surface area (Å²) in [7, 11) is 0. The third-order valence-electron chi connectivity index (χ3n) is 5.50. The van der Waals surface area contributed by atoms with Crippen molar-refractivity contribution < 1.29 is 29.0 Å². The van der Waals surface area contributed by atoms with Crippen LogP contribution in [0.5, 0.6) is 0 Å². The molecule has 3 atom stereocenters. The van der Waals surface area contributed by atoms with Crippen molar-refractivity contribution in [3.63, 3.8) is 0 Å². The first-order valence-corrected chi connectivity index (χ1v) is 11.2. The standard InChI is InChI=1S/C24H36N2O6/c1-16(26-23(30)32-24(2,3)4)20(12-19(13-21(27)28)18-10-11-18)14-25-22(29)31-15-17-8-6-5-7-9-17/h5-9,16,18-20H,10-15H2,1-4H3,(H,25,29)(H,26,30)(H,27,28)/t16-,19?,20+/m1/s1. The molecule has 1 aliphatic rings. The number of aliphatic carboxylic acids is 1. The molecule has 1 aromatic rings. The van der Waals surface area contributed by atoms with E-state index in [-0.39, 0.29) is 37.5 Å². The number of alkyl carbamates (subject to hydrolysis) is 2. The molecule has 32 heavy (non-hydrogen) atoms. The van der Waals surface area contributed by atoms with Crippen LogP contribution in [0, 0.1) is 17.8 Å². The topological polar surface area (TPSA) is 114 Å². The van der Waals surface area contributed by atoms with Crippen molar-refractivity contribution in [1.29, 1.82) is 0 Å². The van der Waals surface area contributed by atoms with Gasteiger partial charge in [-0.2, -0.15) is 0 Å². The fourth-order valence-electron chi connectivity index (χ4n) is 3.69. The first-order valence-electron chi connectivity index (χ1n) is 11.2. The number of nitrogens with one attached hydrogen (secondary N) is 2. The molecule has 0 spiro atoms. The molecule has 1 saturated carbocycles. The molecule has 2 amide bonds. The Hall–Kier alpha value is -2.77. The number of rotatable bonds is 11. The number of amides is 2. The van der Waals surface area contributed by atoms with Gasteiger partial charge in [0.05, 0.1) is 0 Å². The van der Waals surface area contributed by atoms with E-state index in [0.717, 1.165) is 18.4 Å². The van der Waals surface area contributed by atoms with Gasteiger partial charge >= 0.3 is 18.2 Å². The van der Waals surface area contributed by atoms with E-state index in [4.69, 9.17) is 9.47 Å². The molecular formula is C24H36N2O6. The highest BCUT2D eigenvalue weighted by molar-refractivity contribution is 5.68. The van der Waals surface area contributed by atoms with Gasteiger partial charge in [-0.05, 0) is 70.3 Å². The molecule has 0 aromatic heterocycles. The molecule has 1 unspecified atom stereocenters. The van der Waals surface area contributed by atoms with E-state index >= 15 is 0 Å². The van der Waals surface area contributed by atoms with Crippen LogP contribution in [0.25, 0.3) is 0 Å². The lowest BCUT2D eigenvalue weighted by Crippen LogP contribution is -2.45. The zero-order valence-electron chi connectivity index (χ0n) is 19.4. The SMILES string of the molecule is C[C@@H](NC(=O)OC(C)(C)C)[C@H](CNC(=O)OCc1ccccc1)CC(CC(=O)O)C1CC1. The molecule has 2 rings (SSSR count). The maximum Gasteiger partial charge on any atom is 0.407 e. The van der Waals surface area contributed by atoms with Gasteiger partial charge in [-0.15, -0.1) is 0 Å². The van der Waals surface area contributed by atoms with Crippen LogP contribution in [0.15, 0.2) is 30.3 Å². The van der Waals surface area contributed by atoms with Crippen molar-refractivity contribution in [3.8, 4) is 0 Å². The Bertz CT molecular complexity index is 758. The van der Waals surface area contributed by atoms with Crippen molar-refractivity contribution >= 4 is 18.2 Å². The molecule has 1 fully saturated rings. The number of hydrogen-bond acceptors (Lipinski definition) is 5. The highest BCUT2D eigenvalue weighted by Gasteiger charge is 2.36. The van der Waals surface area contributed by atoms with Crippen LogP contribution in [0.2, 0.25) is 0 Å². The Kier molecular flexibility index (Phi) is 9.35. The third-order valence-corrected chi connectivity index (χ3v) is 5.50. The Balaban J connectivity index is 1.96. The van der Waals surface area contributed by atoms with Gasteiger partial charge in [0.25, 0.3) is 0 Å². The molecule has 0 saturated heterocycles. The van der Waals surface area contributed by atoms with Gasteiger partial charge in [0.15, 0.2) is 0 Å². The third kappa shape index (κ3) is 10.0.